The van der Waals surface area contributed by atoms with Crippen molar-refractivity contribution in [3.8, 4) is 5.75 Å². The zero-order valence-corrected chi connectivity index (χ0v) is 26.6. The number of rotatable bonds is 14. The molecule has 0 aliphatic rings. The lowest BCUT2D eigenvalue weighted by atomic mass is 10.0. The fourth-order valence-corrected chi connectivity index (χ4v) is 6.31. The minimum atomic E-state index is -4.28. The number of carbonyl (C=O) groups is 2. The molecular formula is C34H35ClFN3O5S. The number of amides is 2. The van der Waals surface area contributed by atoms with E-state index in [0.717, 1.165) is 9.87 Å². The van der Waals surface area contributed by atoms with Gasteiger partial charge in [0.25, 0.3) is 10.0 Å². The van der Waals surface area contributed by atoms with E-state index in [1.807, 2.05) is 37.3 Å². The highest BCUT2D eigenvalue weighted by Crippen LogP contribution is 2.28. The van der Waals surface area contributed by atoms with Gasteiger partial charge >= 0.3 is 0 Å². The average Bonchev–Trinajstić information content (AvgIpc) is 3.03. The van der Waals surface area contributed by atoms with E-state index in [2.05, 4.69) is 5.32 Å². The van der Waals surface area contributed by atoms with Crippen LogP contribution in [-0.4, -0.2) is 50.9 Å². The van der Waals surface area contributed by atoms with Crippen LogP contribution in [0.2, 0.25) is 5.02 Å². The number of nitrogens with zero attached hydrogens (tertiary/aromatic N) is 2. The van der Waals surface area contributed by atoms with E-state index in [0.29, 0.717) is 29.5 Å². The molecule has 1 N–H and O–H groups in total. The zero-order chi connectivity index (χ0) is 32.4. The Morgan fingerprint density at radius 1 is 0.867 bits per heavy atom. The molecular weight excluding hydrogens is 617 g/mol. The molecule has 0 saturated heterocycles. The van der Waals surface area contributed by atoms with Crippen molar-refractivity contribution in [2.45, 2.75) is 37.8 Å². The van der Waals surface area contributed by atoms with E-state index in [1.165, 1.54) is 53.4 Å². The number of sulfonamides is 1. The SMILES string of the molecule is CCNC(=O)C(Cc1ccccc1)N(Cc1ccc(F)cc1)C(=O)CN(c1ccc(OCC)cc1)S(=O)(=O)c1ccc(Cl)cc1. The van der Waals surface area contributed by atoms with E-state index < -0.39 is 40.2 Å². The summed E-state index contributed by atoms with van der Waals surface area (Å²) in [6.07, 6.45) is 0.173. The summed E-state index contributed by atoms with van der Waals surface area (Å²) in [7, 11) is -4.28. The molecule has 11 heteroatoms. The second-order valence-electron chi connectivity index (χ2n) is 10.1. The molecule has 0 bridgehead atoms. The minimum Gasteiger partial charge on any atom is -0.494 e. The van der Waals surface area contributed by atoms with Crippen LogP contribution in [0.4, 0.5) is 10.1 Å². The van der Waals surface area contributed by atoms with Gasteiger partial charge in [-0.25, -0.2) is 12.8 Å². The summed E-state index contributed by atoms with van der Waals surface area (Å²) < 4.78 is 48.4. The predicted molar refractivity (Wildman–Crippen MR) is 173 cm³/mol. The molecule has 0 aromatic heterocycles. The first kappa shape index (κ1) is 33.5. The van der Waals surface area contributed by atoms with Crippen molar-refractivity contribution in [1.29, 1.82) is 0 Å². The largest absolute Gasteiger partial charge is 0.494 e. The van der Waals surface area contributed by atoms with Gasteiger partial charge in [0.2, 0.25) is 11.8 Å². The highest BCUT2D eigenvalue weighted by molar-refractivity contribution is 7.92. The monoisotopic (exact) mass is 651 g/mol. The lowest BCUT2D eigenvalue weighted by Gasteiger charge is -2.33. The highest BCUT2D eigenvalue weighted by atomic mass is 35.5. The van der Waals surface area contributed by atoms with Crippen molar-refractivity contribution in [1.82, 2.24) is 10.2 Å². The molecule has 0 aliphatic heterocycles. The summed E-state index contributed by atoms with van der Waals surface area (Å²) in [5.74, 6) is -0.937. The lowest BCUT2D eigenvalue weighted by Crippen LogP contribution is -2.53. The number of anilines is 1. The maximum absolute atomic E-state index is 14.4. The second-order valence-corrected chi connectivity index (χ2v) is 12.4. The Morgan fingerprint density at radius 3 is 2.11 bits per heavy atom. The van der Waals surface area contributed by atoms with Crippen molar-refractivity contribution >= 4 is 39.1 Å². The molecule has 0 radical (unpaired) electrons. The van der Waals surface area contributed by atoms with Crippen LogP contribution >= 0.6 is 11.6 Å². The van der Waals surface area contributed by atoms with Crippen molar-refractivity contribution in [3.05, 3.63) is 125 Å². The number of hydrogen-bond donors (Lipinski definition) is 1. The second kappa shape index (κ2) is 15.5. The number of nitrogens with one attached hydrogen (secondary N) is 1. The fraction of sp³-hybridized carbons (Fsp3) is 0.235. The van der Waals surface area contributed by atoms with Gasteiger partial charge in [-0.2, -0.15) is 0 Å². The molecule has 236 valence electrons. The van der Waals surface area contributed by atoms with Gasteiger partial charge in [0, 0.05) is 24.5 Å². The Bertz CT molecular complexity index is 1670. The van der Waals surface area contributed by atoms with Crippen molar-refractivity contribution in [2.24, 2.45) is 0 Å². The van der Waals surface area contributed by atoms with Crippen molar-refractivity contribution in [3.63, 3.8) is 0 Å². The van der Waals surface area contributed by atoms with Crippen molar-refractivity contribution < 1.29 is 27.1 Å². The number of benzene rings is 4. The van der Waals surface area contributed by atoms with Crippen LogP contribution in [0.3, 0.4) is 0 Å². The summed E-state index contributed by atoms with van der Waals surface area (Å²) in [5, 5.41) is 3.16. The molecule has 0 fully saturated rings. The molecule has 1 atom stereocenters. The standard InChI is InChI=1S/C34H35ClFN3O5S/c1-3-37-34(41)32(22-25-8-6-5-7-9-25)38(23-26-10-14-28(36)15-11-26)33(40)24-39(29-16-18-30(19-17-29)44-4-2)45(42,43)31-20-12-27(35)13-21-31/h5-21,32H,3-4,22-24H2,1-2H3,(H,37,41). The molecule has 4 aromatic rings. The van der Waals surface area contributed by atoms with E-state index in [4.69, 9.17) is 16.3 Å². The normalized spacial score (nSPS) is 11.8. The summed E-state index contributed by atoms with van der Waals surface area (Å²) in [4.78, 5) is 29.2. The first-order valence-corrected chi connectivity index (χ1v) is 16.3. The maximum Gasteiger partial charge on any atom is 0.264 e. The van der Waals surface area contributed by atoms with Gasteiger partial charge in [-0.05, 0) is 85.6 Å². The van der Waals surface area contributed by atoms with Crippen LogP contribution in [0.5, 0.6) is 5.75 Å². The zero-order valence-electron chi connectivity index (χ0n) is 25.0. The van der Waals surface area contributed by atoms with Gasteiger partial charge in [0.15, 0.2) is 0 Å². The van der Waals surface area contributed by atoms with Crippen molar-refractivity contribution in [2.75, 3.05) is 24.0 Å². The Morgan fingerprint density at radius 2 is 1.51 bits per heavy atom. The number of carbonyl (C=O) groups excluding carboxylic acids is 2. The minimum absolute atomic E-state index is 0.0636. The quantitative estimate of drug-likeness (QED) is 0.185. The molecule has 2 amide bonds. The van der Waals surface area contributed by atoms with Crippen LogP contribution in [0.25, 0.3) is 0 Å². The molecule has 0 aliphatic carbocycles. The van der Waals surface area contributed by atoms with Crippen LogP contribution in [-0.2, 0) is 32.6 Å². The van der Waals surface area contributed by atoms with Gasteiger partial charge in [-0.15, -0.1) is 0 Å². The Balaban J connectivity index is 1.79. The molecule has 45 heavy (non-hydrogen) atoms. The van der Waals surface area contributed by atoms with Gasteiger partial charge < -0.3 is 15.0 Å². The van der Waals surface area contributed by atoms with Crippen LogP contribution < -0.4 is 14.4 Å². The number of likely N-dealkylation sites (N-methyl/N-ethyl adjacent to an activating group) is 1. The molecule has 8 nitrogen and oxygen atoms in total. The van der Waals surface area contributed by atoms with E-state index in [9.17, 15) is 22.4 Å². The maximum atomic E-state index is 14.4. The molecule has 0 spiro atoms. The third kappa shape index (κ3) is 8.83. The van der Waals surface area contributed by atoms with Gasteiger partial charge in [-0.3, -0.25) is 13.9 Å². The van der Waals surface area contributed by atoms with Gasteiger partial charge in [-0.1, -0.05) is 54.1 Å². The first-order valence-electron chi connectivity index (χ1n) is 14.5. The van der Waals surface area contributed by atoms with Gasteiger partial charge in [0.1, 0.15) is 24.2 Å². The lowest BCUT2D eigenvalue weighted by molar-refractivity contribution is -0.140. The first-order chi connectivity index (χ1) is 21.6. The number of ether oxygens (including phenoxy) is 1. The van der Waals surface area contributed by atoms with Gasteiger partial charge in [0.05, 0.1) is 17.2 Å². The third-order valence-corrected chi connectivity index (χ3v) is 9.04. The highest BCUT2D eigenvalue weighted by Gasteiger charge is 2.34. The van der Waals surface area contributed by atoms with Crippen LogP contribution in [0.1, 0.15) is 25.0 Å². The average molecular weight is 652 g/mol. The topological polar surface area (TPSA) is 96.0 Å². The Hall–Kier alpha value is -4.41. The Kier molecular flexibility index (Phi) is 11.6. The fourth-order valence-electron chi connectivity index (χ4n) is 4.77. The number of hydrogen-bond acceptors (Lipinski definition) is 5. The molecule has 0 heterocycles. The molecule has 0 saturated carbocycles. The molecule has 4 rings (SSSR count). The Labute approximate surface area is 268 Å². The van der Waals surface area contributed by atoms with E-state index in [-0.39, 0.29) is 23.5 Å². The van der Waals surface area contributed by atoms with E-state index in [1.54, 1.807) is 31.2 Å². The van der Waals surface area contributed by atoms with Crippen LogP contribution in [0, 0.1) is 5.82 Å². The summed E-state index contributed by atoms with van der Waals surface area (Å²) >= 11 is 6.03. The van der Waals surface area contributed by atoms with E-state index >= 15 is 0 Å². The summed E-state index contributed by atoms with van der Waals surface area (Å²) in [5.41, 5.74) is 1.60. The molecule has 4 aromatic carbocycles. The summed E-state index contributed by atoms with van der Waals surface area (Å²) in [6, 6.07) is 25.8. The van der Waals surface area contributed by atoms with Crippen LogP contribution in [0.15, 0.2) is 108 Å². The molecule has 1 unspecified atom stereocenters. The number of halogens is 2. The summed E-state index contributed by atoms with van der Waals surface area (Å²) in [6.45, 7) is 3.67. The predicted octanol–water partition coefficient (Wildman–Crippen LogP) is 5.85. The smallest absolute Gasteiger partial charge is 0.264 e. The third-order valence-electron chi connectivity index (χ3n) is 7.00.